The molecule has 302 valence electrons. The molecule has 13 atom stereocenters. The largest absolute Gasteiger partial charge is 0.390 e. The molecule has 2 rings (SSSR count). The van der Waals surface area contributed by atoms with Crippen molar-refractivity contribution in [3.8, 4) is 11.8 Å². The molecule has 1 saturated heterocycles. The fourth-order valence-corrected chi connectivity index (χ4v) is 7.39. The standard InChI is InChI=1S/C32H59NO9S.C4H6.2C2H6/c1-12-23-13-24(34)20(4)27(42-25-16-31(8,39-10)29(36)22(6)41-25)19(3)15-30(7,37)14-18(2)26(33-40-17-43-11)21(5)28(35)32(23,9)38;1-3-4-2;2*1-2/h18-23,25,27-29,35-38H,12-17H2,1-11H3;1-2H3;2*1-2H3/b33-26+;;;/t18-,19-,20?,21?,22?,23+,25+,27+,28?,29+,30-,31-,32-;;;/m1.../s1. The maximum atomic E-state index is 13.9. The summed E-state index contributed by atoms with van der Waals surface area (Å²) in [5.74, 6) is 3.33. The number of Topliss-reactive ketones (excluding diaryl/α,β-unsaturated/α-hetero) is 1. The molecule has 0 bridgehead atoms. The van der Waals surface area contributed by atoms with E-state index in [-0.39, 0.29) is 30.5 Å². The highest BCUT2D eigenvalue weighted by molar-refractivity contribution is 7.98. The minimum absolute atomic E-state index is 0.0405. The van der Waals surface area contributed by atoms with Crippen molar-refractivity contribution in [2.75, 3.05) is 19.3 Å². The van der Waals surface area contributed by atoms with Crippen LogP contribution in [0.4, 0.5) is 0 Å². The summed E-state index contributed by atoms with van der Waals surface area (Å²) in [6.07, 6.45) is -0.685. The van der Waals surface area contributed by atoms with Crippen molar-refractivity contribution in [3.05, 3.63) is 0 Å². The van der Waals surface area contributed by atoms with Gasteiger partial charge < -0.3 is 39.5 Å². The molecule has 0 aromatic rings. The van der Waals surface area contributed by atoms with E-state index >= 15 is 0 Å². The van der Waals surface area contributed by atoms with Crippen LogP contribution in [0, 0.1) is 41.4 Å². The highest BCUT2D eigenvalue weighted by Crippen LogP contribution is 2.39. The summed E-state index contributed by atoms with van der Waals surface area (Å²) in [6.45, 7) is 28.0. The van der Waals surface area contributed by atoms with Gasteiger partial charge in [-0.15, -0.1) is 23.6 Å². The van der Waals surface area contributed by atoms with Crippen LogP contribution in [0.5, 0.6) is 0 Å². The molecule has 0 aromatic carbocycles. The Morgan fingerprint density at radius 2 is 1.47 bits per heavy atom. The zero-order valence-corrected chi connectivity index (χ0v) is 36.0. The third kappa shape index (κ3) is 15.6. The Hall–Kier alpha value is -1.23. The van der Waals surface area contributed by atoms with Crippen LogP contribution in [-0.2, 0) is 23.8 Å². The number of thioether (sulfide) groups is 1. The van der Waals surface area contributed by atoms with E-state index in [1.165, 1.54) is 11.8 Å². The van der Waals surface area contributed by atoms with Crippen LogP contribution in [0.2, 0.25) is 0 Å². The maximum absolute atomic E-state index is 13.9. The molecule has 0 aromatic heterocycles. The number of hydrogen-bond donors (Lipinski definition) is 4. The lowest BCUT2D eigenvalue weighted by atomic mass is 9.70. The Balaban J connectivity index is 0. The Kier molecular flexibility index (Phi) is 25.4. The van der Waals surface area contributed by atoms with Gasteiger partial charge in [-0.3, -0.25) is 4.79 Å². The number of hydrogen-bond acceptors (Lipinski definition) is 11. The first-order chi connectivity index (χ1) is 23.8. The third-order valence-corrected chi connectivity index (χ3v) is 10.6. The fraction of sp³-hybridized carbons (Fsp3) is 0.900. The van der Waals surface area contributed by atoms with E-state index in [4.69, 9.17) is 19.0 Å². The van der Waals surface area contributed by atoms with Gasteiger partial charge >= 0.3 is 0 Å². The van der Waals surface area contributed by atoms with Crippen LogP contribution in [0.25, 0.3) is 0 Å². The van der Waals surface area contributed by atoms with Crippen molar-refractivity contribution in [2.24, 2.45) is 34.7 Å². The van der Waals surface area contributed by atoms with E-state index < -0.39 is 65.3 Å². The lowest BCUT2D eigenvalue weighted by Gasteiger charge is -2.46. The molecule has 0 radical (unpaired) electrons. The zero-order valence-electron chi connectivity index (χ0n) is 35.2. The van der Waals surface area contributed by atoms with E-state index in [0.717, 1.165) is 0 Å². The highest BCUT2D eigenvalue weighted by atomic mass is 32.2. The van der Waals surface area contributed by atoms with Gasteiger partial charge in [-0.2, -0.15) is 0 Å². The summed E-state index contributed by atoms with van der Waals surface area (Å²) in [6, 6.07) is 0. The first-order valence-corrected chi connectivity index (χ1v) is 20.4. The molecular formula is C40H77NO9S. The number of ether oxygens (including phenoxy) is 3. The third-order valence-electron chi connectivity index (χ3n) is 10.3. The molecule has 4 N–H and O–H groups in total. The summed E-state index contributed by atoms with van der Waals surface area (Å²) in [5, 5.41) is 50.0. The van der Waals surface area contributed by atoms with Gasteiger partial charge in [0, 0.05) is 37.7 Å². The Labute approximate surface area is 316 Å². The second-order valence-electron chi connectivity index (χ2n) is 14.4. The van der Waals surface area contributed by atoms with Crippen molar-refractivity contribution in [3.63, 3.8) is 0 Å². The Morgan fingerprint density at radius 3 is 1.94 bits per heavy atom. The first-order valence-electron chi connectivity index (χ1n) is 19.0. The molecule has 2 fully saturated rings. The Bertz CT molecular complexity index is 1050. The molecule has 0 amide bonds. The molecule has 1 heterocycles. The smallest absolute Gasteiger partial charge is 0.162 e. The molecule has 1 aliphatic heterocycles. The average Bonchev–Trinajstić information content (AvgIpc) is 3.09. The number of methoxy groups -OCH3 is 1. The number of oxime groups is 1. The SMILES string of the molecule is CC.CC.CC#CC.CC[C@H]1CC(=O)C(C)[C@@H](O[C@H]2C[C@@](C)(OC)[C@@H](O)C(C)O2)[C@H](C)C[C@](C)(O)C[C@@H](C)/C(=N\OCSC)C(C)C(O)[C@]1(C)O. The molecule has 1 saturated carbocycles. The molecule has 4 unspecified atom stereocenters. The van der Waals surface area contributed by atoms with Crippen LogP contribution in [0.1, 0.15) is 136 Å². The van der Waals surface area contributed by atoms with Crippen LogP contribution < -0.4 is 0 Å². The summed E-state index contributed by atoms with van der Waals surface area (Å²) >= 11 is 1.47. The predicted octanol–water partition coefficient (Wildman–Crippen LogP) is 7.23. The number of aliphatic hydroxyl groups is 4. The topological polar surface area (TPSA) is 147 Å². The van der Waals surface area contributed by atoms with Gasteiger partial charge in [-0.1, -0.05) is 73.9 Å². The van der Waals surface area contributed by atoms with Gasteiger partial charge in [0.1, 0.15) is 11.9 Å². The average molecular weight is 748 g/mol. The molecule has 10 nitrogen and oxygen atoms in total. The predicted molar refractivity (Wildman–Crippen MR) is 211 cm³/mol. The van der Waals surface area contributed by atoms with Crippen molar-refractivity contribution in [1.82, 2.24) is 0 Å². The van der Waals surface area contributed by atoms with Gasteiger partial charge in [-0.05, 0) is 72.5 Å². The van der Waals surface area contributed by atoms with Gasteiger partial charge in [-0.25, -0.2) is 0 Å². The van der Waals surface area contributed by atoms with Crippen molar-refractivity contribution in [1.29, 1.82) is 0 Å². The monoisotopic (exact) mass is 748 g/mol. The second-order valence-corrected chi connectivity index (χ2v) is 15.2. The molecule has 11 heteroatoms. The van der Waals surface area contributed by atoms with Crippen molar-refractivity contribution < 1.29 is 44.3 Å². The van der Waals surface area contributed by atoms with Crippen molar-refractivity contribution >= 4 is 23.3 Å². The summed E-state index contributed by atoms with van der Waals surface area (Å²) in [7, 11) is 1.54. The molecule has 2 aliphatic rings. The van der Waals surface area contributed by atoms with Crippen LogP contribution in [0.3, 0.4) is 0 Å². The Morgan fingerprint density at radius 1 is 0.922 bits per heavy atom. The fourth-order valence-electron chi connectivity index (χ4n) is 7.23. The summed E-state index contributed by atoms with van der Waals surface area (Å²) < 4.78 is 18.3. The number of carbonyl (C=O) groups excluding carboxylic acids is 1. The van der Waals surface area contributed by atoms with E-state index in [9.17, 15) is 25.2 Å². The van der Waals surface area contributed by atoms with Gasteiger partial charge in [0.15, 0.2) is 12.2 Å². The minimum Gasteiger partial charge on any atom is -0.390 e. The van der Waals surface area contributed by atoms with Crippen LogP contribution in [0.15, 0.2) is 5.16 Å². The van der Waals surface area contributed by atoms with E-state index in [1.54, 1.807) is 34.8 Å². The molecule has 1 aliphatic carbocycles. The summed E-state index contributed by atoms with van der Waals surface area (Å²) in [4.78, 5) is 19.4. The molecular weight excluding hydrogens is 671 g/mol. The first kappa shape index (κ1) is 51.9. The van der Waals surface area contributed by atoms with Crippen molar-refractivity contribution in [2.45, 2.75) is 183 Å². The van der Waals surface area contributed by atoms with Gasteiger partial charge in [0.25, 0.3) is 0 Å². The van der Waals surface area contributed by atoms with Crippen LogP contribution >= 0.6 is 11.8 Å². The number of nitrogens with zero attached hydrogens (tertiary/aromatic N) is 1. The number of ketones is 1. The van der Waals surface area contributed by atoms with E-state index in [2.05, 4.69) is 17.0 Å². The lowest BCUT2D eigenvalue weighted by molar-refractivity contribution is -0.295. The number of aliphatic hydroxyl groups excluding tert-OH is 2. The second kappa shape index (κ2) is 25.0. The normalized spacial score (nSPS) is 40.0. The van der Waals surface area contributed by atoms with Gasteiger partial charge in [0.05, 0.1) is 40.8 Å². The van der Waals surface area contributed by atoms with Crippen LogP contribution in [-0.4, -0.2) is 98.7 Å². The summed E-state index contributed by atoms with van der Waals surface area (Å²) in [5.41, 5.74) is -3.12. The maximum Gasteiger partial charge on any atom is 0.162 e. The lowest BCUT2D eigenvalue weighted by Crippen LogP contribution is -2.57. The number of rotatable bonds is 7. The van der Waals surface area contributed by atoms with Gasteiger partial charge in [0.2, 0.25) is 0 Å². The zero-order chi connectivity index (χ0) is 40.3. The number of carbonyl (C=O) groups is 1. The van der Waals surface area contributed by atoms with E-state index in [1.807, 2.05) is 82.4 Å². The van der Waals surface area contributed by atoms with E-state index in [0.29, 0.717) is 30.9 Å². The minimum atomic E-state index is -1.60. The highest BCUT2D eigenvalue weighted by Gasteiger charge is 2.49. The molecule has 51 heavy (non-hydrogen) atoms. The quantitative estimate of drug-likeness (QED) is 0.0910. The molecule has 0 spiro atoms.